The maximum atomic E-state index is 12.3. The lowest BCUT2D eigenvalue weighted by atomic mass is 9.67. The van der Waals surface area contributed by atoms with Crippen LogP contribution in [0.2, 0.25) is 0 Å². The first kappa shape index (κ1) is 76.1. The highest BCUT2D eigenvalue weighted by Crippen LogP contribution is 2.43. The highest BCUT2D eigenvalue weighted by atomic mass is 16.8. The summed E-state index contributed by atoms with van der Waals surface area (Å²) in [6.07, 6.45) is -24.1. The van der Waals surface area contributed by atoms with E-state index in [-0.39, 0.29) is 33.0 Å². The summed E-state index contributed by atoms with van der Waals surface area (Å²) in [5, 5.41) is 30.4. The quantitative estimate of drug-likeness (QED) is 0.0373. The molecule has 0 radical (unpaired) electrons. The monoisotopic (exact) mass is 1290 g/mol. The fourth-order valence-corrected chi connectivity index (χ4v) is 13.8. The number of rotatable bonds is 35. The van der Waals surface area contributed by atoms with Crippen LogP contribution in [-0.2, 0) is 128 Å². The van der Waals surface area contributed by atoms with Crippen LogP contribution in [0.25, 0.3) is 10.4 Å². The summed E-state index contributed by atoms with van der Waals surface area (Å²) in [5.41, 5.74) is 7.95. The van der Waals surface area contributed by atoms with E-state index in [0.29, 0.717) is 0 Å². The summed E-state index contributed by atoms with van der Waals surface area (Å²) in [6.45, 7) is 0.990. The molecule has 0 amide bonds. The van der Waals surface area contributed by atoms with E-state index in [9.17, 15) is 15.7 Å². The van der Waals surface area contributed by atoms with Crippen LogP contribution < -0.4 is 5.32 Å². The zero-order valence-electron chi connectivity index (χ0n) is 54.8. The maximum absolute atomic E-state index is 12.3. The van der Waals surface area contributed by atoms with Gasteiger partial charge in [-0.1, -0.05) is 5.11 Å². The van der Waals surface area contributed by atoms with Crippen molar-refractivity contribution in [3.05, 3.63) is 10.4 Å². The Bertz CT molecular complexity index is 2050. The molecule has 6 aliphatic rings. The Morgan fingerprint density at radius 1 is 0.382 bits per heavy atom. The fourth-order valence-electron chi connectivity index (χ4n) is 13.8. The van der Waals surface area contributed by atoms with Gasteiger partial charge in [-0.25, -0.2) is 0 Å². The van der Waals surface area contributed by atoms with Gasteiger partial charge in [-0.3, -0.25) is 0 Å². The van der Waals surface area contributed by atoms with Crippen molar-refractivity contribution in [1.82, 2.24) is 5.32 Å². The third kappa shape index (κ3) is 16.3. The summed E-state index contributed by atoms with van der Waals surface area (Å²) in [4.78, 5) is 3.09. The van der Waals surface area contributed by atoms with Gasteiger partial charge >= 0.3 is 0 Å². The molecule has 13 unspecified atom stereocenters. The standard InChI is InChI=1S/C56H102N4O29/c1-26-32(58-33-40(70-9)34(68-7)27(20-61)56(62,25-67-6)50(33)59-60-57)39(69-8)45(75-14)52(81-26)86-36-29(22-64-3)83-54(47(77-16)42(36)72-11)88-38-31(24-66-5)85-55(49(79-18)44(38)74-13)89-37-30(23-65-4)84-53(48(78-17)43(37)73-12)87-35-28(21-63-2)82-51(80-19)46(76-15)41(35)71-10/h26-55,58,61-62H,20-25H2,1-19H3/t26?,27-,28?,29?,30?,31?,32+,33+,34-,35+,36+,37+,38+,39-,40?,41-,42-,43-,44-,45?,46?,47?,48?,49?,50?,51-,52+,53-,54-,55-,56?/m1/s1. The second-order valence-corrected chi connectivity index (χ2v) is 22.3. The van der Waals surface area contributed by atoms with Crippen LogP contribution in [0.5, 0.6) is 0 Å². The van der Waals surface area contributed by atoms with E-state index in [1.807, 2.05) is 0 Å². The van der Waals surface area contributed by atoms with Gasteiger partial charge in [0.2, 0.25) is 0 Å². The Balaban J connectivity index is 1.24. The Morgan fingerprint density at radius 2 is 0.685 bits per heavy atom. The zero-order valence-corrected chi connectivity index (χ0v) is 54.8. The Labute approximate surface area is 521 Å². The second-order valence-electron chi connectivity index (χ2n) is 22.3. The topological polar surface area (TPSA) is 350 Å². The van der Waals surface area contributed by atoms with Gasteiger partial charge in [0.25, 0.3) is 0 Å². The lowest BCUT2D eigenvalue weighted by molar-refractivity contribution is -0.398. The van der Waals surface area contributed by atoms with Crippen molar-refractivity contribution in [2.75, 3.05) is 168 Å². The van der Waals surface area contributed by atoms with Gasteiger partial charge in [0.1, 0.15) is 115 Å². The largest absolute Gasteiger partial charge is 0.396 e. The van der Waals surface area contributed by atoms with Gasteiger partial charge in [-0.15, -0.1) is 0 Å². The number of aliphatic hydroxyl groups is 2. The van der Waals surface area contributed by atoms with Crippen LogP contribution in [0.1, 0.15) is 6.92 Å². The van der Waals surface area contributed by atoms with Crippen LogP contribution in [0.15, 0.2) is 5.11 Å². The van der Waals surface area contributed by atoms with Gasteiger partial charge in [-0.05, 0) is 12.5 Å². The van der Waals surface area contributed by atoms with E-state index in [1.54, 1.807) is 14.0 Å². The predicted octanol–water partition coefficient (Wildman–Crippen LogP) is -1.41. The van der Waals surface area contributed by atoms with Crippen molar-refractivity contribution in [2.24, 2.45) is 11.0 Å². The molecule has 5 heterocycles. The van der Waals surface area contributed by atoms with E-state index in [4.69, 9.17) is 128 Å². The molecule has 0 aromatic heterocycles. The molecule has 6 rings (SSSR count). The SMILES string of the molecule is COCC1O[C@H](O[C@H]2C(COC)O[C@H](O[C@H]3C(COC)O[C@H](O[C@H]4C(COC)O[C@@H](OC)C(OC)[C@@H]4OC)C(OC)[C@@H]3OC)C(OC)[C@@H]2OC)C(OC)[C@H](OC)[C@H]1O[C@@H]1OC(C)[C@H](N[C@H]2C(OC)[C@H](OC)[C@@H](CO)C(O)(COC)C2N=[N+]=[N-])[C@@H](OC)C1OC. The number of hydrogen-bond donors (Lipinski definition) is 3. The molecule has 6 fully saturated rings. The van der Waals surface area contributed by atoms with E-state index >= 15 is 0 Å². The minimum atomic E-state index is -1.92. The molecule has 3 N–H and O–H groups in total. The average Bonchev–Trinajstić information content (AvgIpc) is 0.874. The molecule has 0 bridgehead atoms. The summed E-state index contributed by atoms with van der Waals surface area (Å²) in [5.74, 6) is -0.981. The van der Waals surface area contributed by atoms with E-state index in [2.05, 4.69) is 15.3 Å². The zero-order chi connectivity index (χ0) is 65.3. The van der Waals surface area contributed by atoms with E-state index < -0.39 is 196 Å². The maximum Gasteiger partial charge on any atom is 0.187 e. The lowest BCUT2D eigenvalue weighted by Gasteiger charge is -2.55. The first-order chi connectivity index (χ1) is 43.1. The minimum absolute atomic E-state index is 0.00364. The number of aliphatic hydroxyl groups excluding tert-OH is 1. The van der Waals surface area contributed by atoms with Gasteiger partial charge in [-0.2, -0.15) is 0 Å². The molecule has 33 nitrogen and oxygen atoms in total. The summed E-state index contributed by atoms with van der Waals surface area (Å²) >= 11 is 0. The molecule has 31 atom stereocenters. The highest BCUT2D eigenvalue weighted by Gasteiger charge is 2.63. The molecular formula is C56H102N4O29. The van der Waals surface area contributed by atoms with E-state index in [0.717, 1.165) is 0 Å². The molecule has 5 saturated heterocycles. The van der Waals surface area contributed by atoms with Gasteiger partial charge in [0.15, 0.2) is 31.5 Å². The molecule has 1 saturated carbocycles. The third-order valence-electron chi connectivity index (χ3n) is 17.9. The molecule has 520 valence electrons. The van der Waals surface area contributed by atoms with Crippen molar-refractivity contribution in [2.45, 2.75) is 190 Å². The van der Waals surface area contributed by atoms with Crippen LogP contribution in [0.3, 0.4) is 0 Å². The Kier molecular flexibility index (Phi) is 31.5. The summed E-state index contributed by atoms with van der Waals surface area (Å²) in [7, 11) is 26.9. The number of azide groups is 1. The van der Waals surface area contributed by atoms with Crippen LogP contribution in [0, 0.1) is 5.92 Å². The number of nitrogens with one attached hydrogen (secondary N) is 1. The first-order valence-corrected chi connectivity index (χ1v) is 29.4. The van der Waals surface area contributed by atoms with Gasteiger partial charge in [0.05, 0.1) is 70.0 Å². The van der Waals surface area contributed by atoms with E-state index in [1.165, 1.54) is 121 Å². The van der Waals surface area contributed by atoms with Crippen LogP contribution in [0.4, 0.5) is 0 Å². The lowest BCUT2D eigenvalue weighted by Crippen LogP contribution is -2.76. The normalized spacial score (nSPS) is 44.7. The smallest absolute Gasteiger partial charge is 0.187 e. The number of hydrogen-bond acceptors (Lipinski definition) is 31. The van der Waals surface area contributed by atoms with Gasteiger partial charge < -0.3 is 143 Å². The van der Waals surface area contributed by atoms with Crippen molar-refractivity contribution < 1.29 is 138 Å². The highest BCUT2D eigenvalue weighted by molar-refractivity contribution is 5.16. The molecule has 0 aromatic rings. The molecule has 1 aliphatic carbocycles. The first-order valence-electron chi connectivity index (χ1n) is 29.4. The molecule has 0 aromatic carbocycles. The van der Waals surface area contributed by atoms with Crippen LogP contribution in [-0.4, -0.2) is 361 Å². The Morgan fingerprint density at radius 3 is 0.978 bits per heavy atom. The Hall–Kier alpha value is -1.89. The summed E-state index contributed by atoms with van der Waals surface area (Å²) in [6, 6.07) is -2.97. The van der Waals surface area contributed by atoms with Crippen molar-refractivity contribution in [1.29, 1.82) is 0 Å². The number of ether oxygens (including phenoxy) is 27. The number of nitrogens with zero attached hydrogens (tertiary/aromatic N) is 3. The number of methoxy groups -OCH3 is 18. The fraction of sp³-hybridized carbons (Fsp3) is 1.00. The van der Waals surface area contributed by atoms with Crippen molar-refractivity contribution >= 4 is 0 Å². The average molecular weight is 1300 g/mol. The molecule has 5 aliphatic heterocycles. The molecule has 0 spiro atoms. The van der Waals surface area contributed by atoms with Gasteiger partial charge in [0, 0.05) is 145 Å². The second kappa shape index (κ2) is 36.8. The summed E-state index contributed by atoms with van der Waals surface area (Å²) < 4.78 is 168. The third-order valence-corrected chi connectivity index (χ3v) is 17.9. The molecule has 89 heavy (non-hydrogen) atoms. The van der Waals surface area contributed by atoms with Crippen LogP contribution >= 0.6 is 0 Å². The predicted molar refractivity (Wildman–Crippen MR) is 304 cm³/mol. The molecule has 33 heteroatoms. The molecular weight excluding hydrogens is 1190 g/mol. The van der Waals surface area contributed by atoms with Crippen molar-refractivity contribution in [3.8, 4) is 0 Å². The minimum Gasteiger partial charge on any atom is -0.396 e. The van der Waals surface area contributed by atoms with Crippen molar-refractivity contribution in [3.63, 3.8) is 0 Å².